The van der Waals surface area contributed by atoms with Crippen molar-refractivity contribution in [2.24, 2.45) is 5.41 Å². The van der Waals surface area contributed by atoms with E-state index in [1.54, 1.807) is 0 Å². The second-order valence-corrected chi connectivity index (χ2v) is 10.7. The average molecular weight is 453 g/mol. The van der Waals surface area contributed by atoms with Crippen LogP contribution in [0, 0.1) is 5.41 Å². The number of nitrogen functional groups attached to an aromatic ring is 1. The van der Waals surface area contributed by atoms with Crippen molar-refractivity contribution in [3.05, 3.63) is 77.4 Å². The molecule has 0 radical (unpaired) electrons. The molecule has 33 heavy (non-hydrogen) atoms. The van der Waals surface area contributed by atoms with E-state index in [0.717, 1.165) is 33.8 Å². The van der Waals surface area contributed by atoms with Gasteiger partial charge in [-0.3, -0.25) is 4.79 Å². The molecule has 1 atom stereocenters. The lowest BCUT2D eigenvalue weighted by Crippen LogP contribution is -2.33. The number of fused-ring (bicyclic) bond motifs is 4. The summed E-state index contributed by atoms with van der Waals surface area (Å²) in [5, 5.41) is 15.4. The number of hydrogen-bond donors (Lipinski definition) is 2. The van der Waals surface area contributed by atoms with Crippen LogP contribution in [-0.4, -0.2) is 16.0 Å². The predicted molar refractivity (Wildman–Crippen MR) is 135 cm³/mol. The van der Waals surface area contributed by atoms with Crippen LogP contribution in [0.4, 0.5) is 10.8 Å². The van der Waals surface area contributed by atoms with E-state index in [9.17, 15) is 4.79 Å². The van der Waals surface area contributed by atoms with Gasteiger partial charge in [0.25, 0.3) is 0 Å². The van der Waals surface area contributed by atoms with Gasteiger partial charge in [-0.25, -0.2) is 0 Å². The molecular formula is C27H24N4OS. The van der Waals surface area contributed by atoms with Crippen molar-refractivity contribution in [3.8, 4) is 10.6 Å². The van der Waals surface area contributed by atoms with Crippen molar-refractivity contribution in [2.45, 2.75) is 32.7 Å². The van der Waals surface area contributed by atoms with Crippen LogP contribution in [0.3, 0.4) is 0 Å². The SMILES string of the molecule is CC1(C)CC(=O)C2=C(C1)c1c(ccc3ccccc13)NC2c1ccc(-c2nnc(N)s2)cc1. The first kappa shape index (κ1) is 20.1. The first-order valence-electron chi connectivity index (χ1n) is 11.1. The summed E-state index contributed by atoms with van der Waals surface area (Å²) < 4.78 is 0. The maximum Gasteiger partial charge on any atom is 0.203 e. The van der Waals surface area contributed by atoms with Crippen LogP contribution in [0.5, 0.6) is 0 Å². The number of hydrogen-bond acceptors (Lipinski definition) is 6. The van der Waals surface area contributed by atoms with Gasteiger partial charge in [0.2, 0.25) is 5.13 Å². The highest BCUT2D eigenvalue weighted by Crippen LogP contribution is 2.52. The van der Waals surface area contributed by atoms with E-state index in [0.29, 0.717) is 11.6 Å². The van der Waals surface area contributed by atoms with Gasteiger partial charge in [0.05, 0.1) is 6.04 Å². The van der Waals surface area contributed by atoms with E-state index in [4.69, 9.17) is 5.73 Å². The summed E-state index contributed by atoms with van der Waals surface area (Å²) in [7, 11) is 0. The van der Waals surface area contributed by atoms with Crippen LogP contribution >= 0.6 is 11.3 Å². The number of aromatic nitrogens is 2. The minimum Gasteiger partial charge on any atom is -0.374 e. The lowest BCUT2D eigenvalue weighted by molar-refractivity contribution is -0.118. The Morgan fingerprint density at radius 1 is 1.00 bits per heavy atom. The van der Waals surface area contributed by atoms with Crippen molar-refractivity contribution in [3.63, 3.8) is 0 Å². The van der Waals surface area contributed by atoms with Crippen molar-refractivity contribution in [1.29, 1.82) is 0 Å². The summed E-state index contributed by atoms with van der Waals surface area (Å²) in [5.74, 6) is 0.235. The predicted octanol–water partition coefficient (Wildman–Crippen LogP) is 6.25. The number of nitrogens with two attached hydrogens (primary N) is 1. The summed E-state index contributed by atoms with van der Waals surface area (Å²) >= 11 is 1.37. The third-order valence-corrected chi connectivity index (χ3v) is 7.47. The molecule has 0 saturated heterocycles. The number of Topliss-reactive ketones (excluding diaryl/α,β-unsaturated/α-hetero) is 1. The molecular weight excluding hydrogens is 428 g/mol. The summed E-state index contributed by atoms with van der Waals surface area (Å²) in [6, 6.07) is 20.8. The van der Waals surface area contributed by atoms with Crippen LogP contribution < -0.4 is 11.1 Å². The number of nitrogens with one attached hydrogen (secondary N) is 1. The van der Waals surface area contributed by atoms with Crippen molar-refractivity contribution in [1.82, 2.24) is 10.2 Å². The number of rotatable bonds is 2. The van der Waals surface area contributed by atoms with Gasteiger partial charge in [0.15, 0.2) is 5.78 Å². The van der Waals surface area contributed by atoms with Gasteiger partial charge in [-0.15, -0.1) is 10.2 Å². The van der Waals surface area contributed by atoms with Gasteiger partial charge >= 0.3 is 0 Å². The van der Waals surface area contributed by atoms with Gasteiger partial charge in [-0.1, -0.05) is 79.8 Å². The highest BCUT2D eigenvalue weighted by molar-refractivity contribution is 7.18. The Kier molecular flexibility index (Phi) is 4.42. The summed E-state index contributed by atoms with van der Waals surface area (Å²) in [6.45, 7) is 4.39. The van der Waals surface area contributed by atoms with E-state index >= 15 is 0 Å². The maximum atomic E-state index is 13.5. The first-order valence-corrected chi connectivity index (χ1v) is 12.0. The zero-order chi connectivity index (χ0) is 22.7. The Balaban J connectivity index is 1.51. The van der Waals surface area contributed by atoms with Crippen molar-refractivity contribution >= 4 is 44.3 Å². The van der Waals surface area contributed by atoms with Crippen LogP contribution in [0.2, 0.25) is 0 Å². The number of ketones is 1. The normalized spacial score (nSPS) is 19.2. The van der Waals surface area contributed by atoms with E-state index in [2.05, 4.69) is 77.9 Å². The summed E-state index contributed by atoms with van der Waals surface area (Å²) in [5.41, 5.74) is 12.1. The zero-order valence-corrected chi connectivity index (χ0v) is 19.4. The molecule has 0 spiro atoms. The second kappa shape index (κ2) is 7.25. The van der Waals surface area contributed by atoms with Gasteiger partial charge in [-0.05, 0) is 39.8 Å². The molecule has 1 aliphatic heterocycles. The lowest BCUT2D eigenvalue weighted by atomic mass is 9.68. The third-order valence-electron chi connectivity index (χ3n) is 6.67. The monoisotopic (exact) mass is 452 g/mol. The number of benzene rings is 3. The fraction of sp³-hybridized carbons (Fsp3) is 0.222. The van der Waals surface area contributed by atoms with Crippen LogP contribution in [0.15, 0.2) is 66.2 Å². The van der Waals surface area contributed by atoms with Crippen molar-refractivity contribution < 1.29 is 4.79 Å². The van der Waals surface area contributed by atoms with Gasteiger partial charge in [0, 0.05) is 28.8 Å². The number of allylic oxidation sites excluding steroid dienone is 1. The molecule has 3 N–H and O–H groups in total. The zero-order valence-electron chi connectivity index (χ0n) is 18.6. The van der Waals surface area contributed by atoms with Gasteiger partial charge < -0.3 is 11.1 Å². The van der Waals surface area contributed by atoms with Crippen LogP contribution in [0.1, 0.15) is 43.9 Å². The minimum atomic E-state index is -0.175. The first-order chi connectivity index (χ1) is 15.9. The fourth-order valence-corrected chi connectivity index (χ4v) is 5.87. The quantitative estimate of drug-likeness (QED) is 0.376. The largest absolute Gasteiger partial charge is 0.374 e. The Labute approximate surface area is 196 Å². The van der Waals surface area contributed by atoms with Gasteiger partial charge in [-0.2, -0.15) is 0 Å². The molecule has 0 fully saturated rings. The Hall–Kier alpha value is -3.51. The topological polar surface area (TPSA) is 80.9 Å². The fourth-order valence-electron chi connectivity index (χ4n) is 5.26. The Bertz CT molecular complexity index is 1450. The molecule has 6 heteroatoms. The Morgan fingerprint density at radius 3 is 2.55 bits per heavy atom. The molecule has 0 saturated carbocycles. The van der Waals surface area contributed by atoms with Crippen LogP contribution in [-0.2, 0) is 4.79 Å². The molecule has 0 amide bonds. The average Bonchev–Trinajstić information content (AvgIpc) is 3.23. The minimum absolute atomic E-state index is 0.0619. The van der Waals surface area contributed by atoms with Crippen LogP contribution in [0.25, 0.3) is 26.9 Å². The molecule has 1 unspecified atom stereocenters. The number of carbonyl (C=O) groups is 1. The molecule has 2 heterocycles. The molecule has 6 rings (SSSR count). The number of carbonyl (C=O) groups excluding carboxylic acids is 1. The third kappa shape index (κ3) is 3.33. The summed E-state index contributed by atoms with van der Waals surface area (Å²) in [4.78, 5) is 13.5. The molecule has 0 bridgehead atoms. The number of anilines is 2. The van der Waals surface area contributed by atoms with Gasteiger partial charge in [0.1, 0.15) is 5.01 Å². The lowest BCUT2D eigenvalue weighted by Gasteiger charge is -2.40. The van der Waals surface area contributed by atoms with E-state index in [1.807, 2.05) is 12.1 Å². The van der Waals surface area contributed by atoms with E-state index < -0.39 is 0 Å². The number of nitrogens with zero attached hydrogens (tertiary/aromatic N) is 2. The molecule has 164 valence electrons. The summed E-state index contributed by atoms with van der Waals surface area (Å²) in [6.07, 6.45) is 1.45. The highest BCUT2D eigenvalue weighted by atomic mass is 32.1. The molecule has 3 aromatic carbocycles. The molecule has 4 aromatic rings. The standard InChI is InChI=1S/C27H24N4OS/c1-27(2)13-19-22-18-6-4-3-5-15(18)11-12-20(22)29-24(23(19)21(32)14-27)16-7-9-17(10-8-16)25-30-31-26(28)33-25/h3-12,24,29H,13-14H2,1-2H3,(H2,28,31). The molecule has 1 aromatic heterocycles. The van der Waals surface area contributed by atoms with E-state index in [-0.39, 0.29) is 17.2 Å². The Morgan fingerprint density at radius 2 is 1.79 bits per heavy atom. The highest BCUT2D eigenvalue weighted by Gasteiger charge is 2.40. The molecule has 1 aliphatic carbocycles. The molecule has 2 aliphatic rings. The maximum absolute atomic E-state index is 13.5. The second-order valence-electron chi connectivity index (χ2n) is 9.69. The van der Waals surface area contributed by atoms with Crippen molar-refractivity contribution in [2.75, 3.05) is 11.1 Å². The van der Waals surface area contributed by atoms with E-state index in [1.165, 1.54) is 33.2 Å². The smallest absolute Gasteiger partial charge is 0.203 e. The molecule has 5 nitrogen and oxygen atoms in total.